The Kier molecular flexibility index (Phi) is 4.21. The average molecular weight is 235 g/mol. The van der Waals surface area contributed by atoms with Crippen LogP contribution >= 0.6 is 0 Å². The Morgan fingerprint density at radius 1 is 1.59 bits per heavy atom. The second-order valence-corrected chi connectivity index (χ2v) is 3.15. The zero-order valence-corrected chi connectivity index (χ0v) is 9.56. The van der Waals surface area contributed by atoms with Gasteiger partial charge in [0.05, 0.1) is 17.7 Å². The van der Waals surface area contributed by atoms with Gasteiger partial charge in [-0.3, -0.25) is 10.1 Å². The third-order valence-electron chi connectivity index (χ3n) is 2.10. The molecule has 90 valence electrons. The molecule has 0 aliphatic heterocycles. The predicted octanol–water partition coefficient (Wildman–Crippen LogP) is 1.70. The number of rotatable bonds is 5. The lowest BCUT2D eigenvalue weighted by molar-refractivity contribution is -0.385. The molecule has 0 fully saturated rings. The van der Waals surface area contributed by atoms with Gasteiger partial charge in [-0.25, -0.2) is 0 Å². The van der Waals surface area contributed by atoms with E-state index in [1.165, 1.54) is 25.3 Å². The quantitative estimate of drug-likeness (QED) is 0.462. The molecule has 0 saturated heterocycles. The number of nitro benzene ring substituents is 1. The Balaban J connectivity index is 3.24. The number of ether oxygens (including phenoxy) is 1. The number of hydrogen-bond acceptors (Lipinski definition) is 5. The van der Waals surface area contributed by atoms with Crippen molar-refractivity contribution in [3.8, 4) is 5.75 Å². The van der Waals surface area contributed by atoms with E-state index in [0.29, 0.717) is 5.56 Å². The lowest BCUT2D eigenvalue weighted by atomic mass is 10.1. The summed E-state index contributed by atoms with van der Waals surface area (Å²) in [6.07, 6.45) is 3.07. The van der Waals surface area contributed by atoms with Gasteiger partial charge in [-0.1, -0.05) is 6.07 Å². The van der Waals surface area contributed by atoms with E-state index >= 15 is 0 Å². The van der Waals surface area contributed by atoms with Gasteiger partial charge in [-0.15, -0.1) is 0 Å². The van der Waals surface area contributed by atoms with E-state index in [1.54, 1.807) is 19.3 Å². The normalized spacial score (nSPS) is 10.2. The number of methoxy groups -OCH3 is 1. The summed E-state index contributed by atoms with van der Waals surface area (Å²) < 4.78 is 5.00. The molecule has 6 heteroatoms. The Morgan fingerprint density at radius 3 is 2.82 bits per heavy atom. The summed E-state index contributed by atoms with van der Waals surface area (Å²) in [4.78, 5) is 10.3. The van der Waals surface area contributed by atoms with E-state index in [9.17, 15) is 10.1 Å². The molecule has 0 aliphatic rings. The molecule has 0 heterocycles. The van der Waals surface area contributed by atoms with Gasteiger partial charge in [-0.2, -0.15) is 0 Å². The maximum atomic E-state index is 10.8. The number of hydrogen-bond donors (Lipinski definition) is 2. The molecular weight excluding hydrogens is 222 g/mol. The van der Waals surface area contributed by atoms with Gasteiger partial charge >= 0.3 is 5.69 Å². The zero-order valence-electron chi connectivity index (χ0n) is 9.56. The molecule has 0 aromatic heterocycles. The van der Waals surface area contributed by atoms with Crippen molar-refractivity contribution in [3.05, 3.63) is 46.2 Å². The van der Waals surface area contributed by atoms with Crippen LogP contribution in [0.4, 0.5) is 5.69 Å². The fourth-order valence-electron chi connectivity index (χ4n) is 1.35. The first-order valence-electron chi connectivity index (χ1n) is 4.86. The van der Waals surface area contributed by atoms with E-state index in [4.69, 9.17) is 10.1 Å². The van der Waals surface area contributed by atoms with Gasteiger partial charge < -0.3 is 15.5 Å². The van der Waals surface area contributed by atoms with Crippen molar-refractivity contribution in [1.82, 2.24) is 5.32 Å². The van der Waals surface area contributed by atoms with Crippen LogP contribution in [0.3, 0.4) is 0 Å². The molecule has 6 nitrogen and oxygen atoms in total. The third kappa shape index (κ3) is 2.81. The van der Waals surface area contributed by atoms with Crippen LogP contribution < -0.4 is 10.1 Å². The van der Waals surface area contributed by atoms with E-state index in [1.807, 2.05) is 0 Å². The number of benzene rings is 1. The first-order valence-corrected chi connectivity index (χ1v) is 4.86. The smallest absolute Gasteiger partial charge is 0.311 e. The minimum Gasteiger partial charge on any atom is -0.490 e. The lowest BCUT2D eigenvalue weighted by Gasteiger charge is -2.07. The first-order chi connectivity index (χ1) is 8.11. The maximum absolute atomic E-state index is 10.8. The minimum absolute atomic E-state index is 0.100. The molecule has 0 spiro atoms. The van der Waals surface area contributed by atoms with Crippen LogP contribution in [0.25, 0.3) is 0 Å². The third-order valence-corrected chi connectivity index (χ3v) is 2.10. The predicted molar refractivity (Wildman–Crippen MR) is 64.7 cm³/mol. The Morgan fingerprint density at radius 2 is 2.29 bits per heavy atom. The van der Waals surface area contributed by atoms with E-state index in [0.717, 1.165) is 0 Å². The second kappa shape index (κ2) is 5.64. The van der Waals surface area contributed by atoms with Crippen LogP contribution in [-0.4, -0.2) is 24.8 Å². The number of nitro groups is 1. The highest BCUT2D eigenvalue weighted by molar-refractivity contribution is 6.09. The molecule has 0 radical (unpaired) electrons. The summed E-state index contributed by atoms with van der Waals surface area (Å²) in [5.74, 6) is 0.100. The number of para-hydroxylation sites is 1. The summed E-state index contributed by atoms with van der Waals surface area (Å²) in [6, 6.07) is 4.48. The van der Waals surface area contributed by atoms with Crippen LogP contribution in [0, 0.1) is 15.5 Å². The number of nitrogens with one attached hydrogen (secondary N) is 2. The molecule has 0 amide bonds. The van der Waals surface area contributed by atoms with Crippen molar-refractivity contribution >= 4 is 11.4 Å². The largest absolute Gasteiger partial charge is 0.490 e. The van der Waals surface area contributed by atoms with Crippen molar-refractivity contribution in [2.45, 2.75) is 0 Å². The van der Waals surface area contributed by atoms with Crippen molar-refractivity contribution in [3.63, 3.8) is 0 Å². The maximum Gasteiger partial charge on any atom is 0.311 e. The van der Waals surface area contributed by atoms with Crippen molar-refractivity contribution in [1.29, 1.82) is 5.41 Å². The number of allylic oxidation sites excluding steroid dienone is 1. The molecule has 0 saturated carbocycles. The molecule has 2 N–H and O–H groups in total. The Hall–Kier alpha value is -2.37. The van der Waals surface area contributed by atoms with Gasteiger partial charge in [0.1, 0.15) is 0 Å². The lowest BCUT2D eigenvalue weighted by Crippen LogP contribution is -2.03. The Labute approximate surface area is 98.6 Å². The molecule has 17 heavy (non-hydrogen) atoms. The van der Waals surface area contributed by atoms with Gasteiger partial charge in [0.25, 0.3) is 0 Å². The van der Waals surface area contributed by atoms with Crippen LogP contribution in [0.1, 0.15) is 5.56 Å². The van der Waals surface area contributed by atoms with Gasteiger partial charge in [-0.05, 0) is 18.3 Å². The van der Waals surface area contributed by atoms with E-state index < -0.39 is 4.92 Å². The van der Waals surface area contributed by atoms with Gasteiger partial charge in [0.2, 0.25) is 5.75 Å². The fourth-order valence-corrected chi connectivity index (χ4v) is 1.35. The highest BCUT2D eigenvalue weighted by Crippen LogP contribution is 2.30. The standard InChI is InChI=1S/C11H13N3O3/c1-13-7-6-9(12)8-4-3-5-10(14(15)16)11(8)17-2/h3-7,12-13H,1-2H3/b7-6-,12-9?. The molecule has 0 unspecified atom stereocenters. The van der Waals surface area contributed by atoms with Gasteiger partial charge in [0.15, 0.2) is 0 Å². The molecule has 0 bridgehead atoms. The summed E-state index contributed by atoms with van der Waals surface area (Å²) >= 11 is 0. The second-order valence-electron chi connectivity index (χ2n) is 3.15. The molecule has 1 aromatic rings. The molecule has 1 rings (SSSR count). The molecule has 1 aromatic carbocycles. The van der Waals surface area contributed by atoms with Gasteiger partial charge in [0, 0.05) is 18.7 Å². The van der Waals surface area contributed by atoms with Crippen LogP contribution in [-0.2, 0) is 0 Å². The summed E-state index contributed by atoms with van der Waals surface area (Å²) in [7, 11) is 3.05. The minimum atomic E-state index is -0.530. The van der Waals surface area contributed by atoms with Crippen LogP contribution in [0.5, 0.6) is 5.75 Å². The monoisotopic (exact) mass is 235 g/mol. The van der Waals surface area contributed by atoms with Crippen LogP contribution in [0.15, 0.2) is 30.5 Å². The molecule has 0 atom stereocenters. The highest BCUT2D eigenvalue weighted by Gasteiger charge is 2.19. The molecular formula is C11H13N3O3. The summed E-state index contributed by atoms with van der Waals surface area (Å²) in [5.41, 5.74) is 0.376. The van der Waals surface area contributed by atoms with Crippen molar-refractivity contribution in [2.75, 3.05) is 14.2 Å². The van der Waals surface area contributed by atoms with Crippen molar-refractivity contribution in [2.24, 2.45) is 0 Å². The Bertz CT molecular complexity index is 469. The van der Waals surface area contributed by atoms with Crippen LogP contribution in [0.2, 0.25) is 0 Å². The average Bonchev–Trinajstić information content (AvgIpc) is 2.34. The SMILES string of the molecule is CN/C=C\C(=N)c1cccc([N+](=O)[O-])c1OC. The van der Waals surface area contributed by atoms with E-state index in [-0.39, 0.29) is 17.1 Å². The number of nitrogens with zero attached hydrogens (tertiary/aromatic N) is 1. The first kappa shape index (κ1) is 12.7. The summed E-state index contributed by atoms with van der Waals surface area (Å²) in [6.45, 7) is 0. The zero-order chi connectivity index (χ0) is 12.8. The highest BCUT2D eigenvalue weighted by atomic mass is 16.6. The van der Waals surface area contributed by atoms with Crippen molar-refractivity contribution < 1.29 is 9.66 Å². The molecule has 0 aliphatic carbocycles. The summed E-state index contributed by atoms with van der Waals surface area (Å²) in [5, 5.41) is 21.3. The fraction of sp³-hybridized carbons (Fsp3) is 0.182. The van der Waals surface area contributed by atoms with E-state index in [2.05, 4.69) is 5.32 Å². The topological polar surface area (TPSA) is 88.2 Å².